The van der Waals surface area contributed by atoms with Crippen LogP contribution in [0, 0.1) is 0 Å². The Balaban J connectivity index is 0.000000187. The van der Waals surface area contributed by atoms with Crippen LogP contribution in [0.25, 0.3) is 0 Å². The molecule has 0 saturated carbocycles. The molecule has 1 rings (SSSR count). The van der Waals surface area contributed by atoms with Crippen LogP contribution in [-0.4, -0.2) is 15.8 Å². The third kappa shape index (κ3) is 12.6. The van der Waals surface area contributed by atoms with Crippen LogP contribution in [0.15, 0.2) is 18.7 Å². The smallest absolute Gasteiger partial charge is 0.418 e. The fourth-order valence-corrected chi connectivity index (χ4v) is 0.454. The molecular formula is C3H3BBrF4N2-. The number of halogens is 5. The Hall–Kier alpha value is -0.525. The molecule has 0 saturated heterocycles. The predicted octanol–water partition coefficient (Wildman–Crippen LogP) is 2.34. The minimum Gasteiger partial charge on any atom is -0.418 e. The number of rotatable bonds is 0. The largest absolute Gasteiger partial charge is 0.673 e. The monoisotopic (exact) mass is 233 g/mol. The lowest BCUT2D eigenvalue weighted by Crippen LogP contribution is -2.02. The van der Waals surface area contributed by atoms with Crippen molar-refractivity contribution in [1.29, 1.82) is 0 Å². The Labute approximate surface area is 68.7 Å². The van der Waals surface area contributed by atoms with Gasteiger partial charge < -0.3 is 17.3 Å². The van der Waals surface area contributed by atoms with Crippen molar-refractivity contribution in [3.8, 4) is 0 Å². The van der Waals surface area contributed by atoms with Gasteiger partial charge in [0.15, 0.2) is 0 Å². The summed E-state index contributed by atoms with van der Waals surface area (Å²) in [7, 11) is -6.00. The zero-order valence-electron chi connectivity index (χ0n) is 5.09. The van der Waals surface area contributed by atoms with Crippen LogP contribution < -0.4 is 0 Å². The molecule has 0 bridgehead atoms. The molecule has 0 fully saturated rings. The topological polar surface area (TPSA) is 17.8 Å². The number of aromatic nitrogens is 2. The first-order valence-electron chi connectivity index (χ1n) is 2.41. The molecule has 11 heavy (non-hydrogen) atoms. The van der Waals surface area contributed by atoms with Crippen molar-refractivity contribution >= 4 is 23.4 Å². The summed E-state index contributed by atoms with van der Waals surface area (Å²) >= 11 is 3.14. The third-order valence-electron chi connectivity index (χ3n) is 0.472. The minimum absolute atomic E-state index is 1.67. The fraction of sp³-hybridized carbons (Fsp3) is 0. The maximum absolute atomic E-state index is 9.75. The molecule has 0 atom stereocenters. The molecule has 0 aromatic carbocycles. The summed E-state index contributed by atoms with van der Waals surface area (Å²) in [5.41, 5.74) is 0. The number of hydrogen-bond acceptors (Lipinski definition) is 1. The van der Waals surface area contributed by atoms with E-state index in [9.17, 15) is 17.3 Å². The van der Waals surface area contributed by atoms with E-state index in [1.54, 1.807) is 22.3 Å². The highest BCUT2D eigenvalue weighted by molar-refractivity contribution is 9.08. The molecule has 64 valence electrons. The molecule has 0 aliphatic heterocycles. The summed E-state index contributed by atoms with van der Waals surface area (Å²) < 4.78 is 40.7. The van der Waals surface area contributed by atoms with E-state index in [1.807, 2.05) is 0 Å². The van der Waals surface area contributed by atoms with Crippen molar-refractivity contribution in [3.63, 3.8) is 0 Å². The predicted molar refractivity (Wildman–Crippen MR) is 36.7 cm³/mol. The molecule has 8 heteroatoms. The summed E-state index contributed by atoms with van der Waals surface area (Å²) in [6.45, 7) is 0. The average molecular weight is 234 g/mol. The standard InChI is InChI=1S/C3H3BrN2.BF4/c4-6-2-1-5-3-6;2-1(3,4)5/h1-3H;/q;-1. The van der Waals surface area contributed by atoms with E-state index in [-0.39, 0.29) is 0 Å². The van der Waals surface area contributed by atoms with E-state index in [0.717, 1.165) is 0 Å². The summed E-state index contributed by atoms with van der Waals surface area (Å²) in [5, 5.41) is 0. The molecule has 0 spiro atoms. The molecule has 0 amide bonds. The first kappa shape index (κ1) is 10.5. The SMILES string of the molecule is Brn1ccnc1.F[B-](F)(F)F. The molecule has 2 nitrogen and oxygen atoms in total. The van der Waals surface area contributed by atoms with Gasteiger partial charge in [0.1, 0.15) is 6.33 Å². The maximum atomic E-state index is 9.75. The van der Waals surface area contributed by atoms with Crippen LogP contribution in [0.2, 0.25) is 0 Å². The maximum Gasteiger partial charge on any atom is 0.673 e. The zero-order valence-corrected chi connectivity index (χ0v) is 6.68. The first-order valence-corrected chi connectivity index (χ1v) is 3.12. The Morgan fingerprint density at radius 1 is 1.27 bits per heavy atom. The molecule has 0 radical (unpaired) electrons. The van der Waals surface area contributed by atoms with Gasteiger partial charge in [-0.25, -0.2) is 4.98 Å². The summed E-state index contributed by atoms with van der Waals surface area (Å²) in [4.78, 5) is 3.74. The Morgan fingerprint density at radius 3 is 1.82 bits per heavy atom. The van der Waals surface area contributed by atoms with Gasteiger partial charge >= 0.3 is 7.25 Å². The Morgan fingerprint density at radius 2 is 1.73 bits per heavy atom. The molecule has 1 aromatic rings. The molecule has 0 aliphatic carbocycles. The van der Waals surface area contributed by atoms with Gasteiger partial charge in [0, 0.05) is 12.4 Å². The number of nitrogens with zero attached hydrogens (tertiary/aromatic N) is 2. The van der Waals surface area contributed by atoms with E-state index in [4.69, 9.17) is 0 Å². The van der Waals surface area contributed by atoms with Gasteiger partial charge in [-0.05, 0) is 0 Å². The fourth-order valence-electron chi connectivity index (χ4n) is 0.243. The van der Waals surface area contributed by atoms with Crippen LogP contribution in [-0.2, 0) is 0 Å². The highest BCUT2D eigenvalue weighted by Crippen LogP contribution is 2.06. The van der Waals surface area contributed by atoms with E-state index in [0.29, 0.717) is 0 Å². The third-order valence-corrected chi connectivity index (χ3v) is 0.892. The van der Waals surface area contributed by atoms with Crippen LogP contribution in [0.3, 0.4) is 0 Å². The quantitative estimate of drug-likeness (QED) is 0.497. The molecule has 0 unspecified atom stereocenters. The van der Waals surface area contributed by atoms with Gasteiger partial charge in [-0.1, -0.05) is 0 Å². The number of hydrogen-bond donors (Lipinski definition) is 0. The molecule has 0 aliphatic rings. The zero-order chi connectivity index (χ0) is 8.91. The van der Waals surface area contributed by atoms with E-state index < -0.39 is 7.25 Å². The number of imidazole rings is 1. The lowest BCUT2D eigenvalue weighted by Gasteiger charge is -1.94. The Kier molecular flexibility index (Phi) is 4.16. The van der Waals surface area contributed by atoms with Gasteiger partial charge in [-0.3, -0.25) is 3.59 Å². The van der Waals surface area contributed by atoms with Crippen LogP contribution in [0.5, 0.6) is 0 Å². The van der Waals surface area contributed by atoms with Crippen molar-refractivity contribution < 1.29 is 17.3 Å². The van der Waals surface area contributed by atoms with Gasteiger partial charge in [0.25, 0.3) is 0 Å². The lowest BCUT2D eigenvalue weighted by atomic mass is 10.3. The minimum atomic E-state index is -6.00. The van der Waals surface area contributed by atoms with E-state index in [1.165, 1.54) is 0 Å². The molecule has 1 heterocycles. The van der Waals surface area contributed by atoms with Crippen LogP contribution in [0.4, 0.5) is 17.3 Å². The van der Waals surface area contributed by atoms with Gasteiger partial charge in [0.2, 0.25) is 0 Å². The highest BCUT2D eigenvalue weighted by Gasteiger charge is 2.20. The van der Waals surface area contributed by atoms with Gasteiger partial charge in [-0.2, -0.15) is 0 Å². The molecular weight excluding hydrogens is 231 g/mol. The van der Waals surface area contributed by atoms with Crippen LogP contribution >= 0.6 is 16.1 Å². The summed E-state index contributed by atoms with van der Waals surface area (Å²) in [6, 6.07) is 0. The normalized spacial score (nSPS) is 10.3. The van der Waals surface area contributed by atoms with Crippen LogP contribution in [0.1, 0.15) is 0 Å². The van der Waals surface area contributed by atoms with Gasteiger partial charge in [0.05, 0.1) is 16.1 Å². The van der Waals surface area contributed by atoms with Crippen molar-refractivity contribution in [1.82, 2.24) is 8.58 Å². The second-order valence-corrected chi connectivity index (χ2v) is 2.22. The van der Waals surface area contributed by atoms with Crippen molar-refractivity contribution in [3.05, 3.63) is 18.7 Å². The van der Waals surface area contributed by atoms with E-state index >= 15 is 0 Å². The second-order valence-electron chi connectivity index (χ2n) is 1.40. The molecule has 1 aromatic heterocycles. The van der Waals surface area contributed by atoms with Gasteiger partial charge in [-0.15, -0.1) is 0 Å². The van der Waals surface area contributed by atoms with Crippen molar-refractivity contribution in [2.24, 2.45) is 0 Å². The Bertz CT molecular complexity index is 180. The average Bonchev–Trinajstić information content (AvgIpc) is 2.12. The van der Waals surface area contributed by atoms with Crippen molar-refractivity contribution in [2.45, 2.75) is 0 Å². The summed E-state index contributed by atoms with van der Waals surface area (Å²) in [5.74, 6) is 0. The second kappa shape index (κ2) is 4.37. The van der Waals surface area contributed by atoms with Crippen molar-refractivity contribution in [2.75, 3.05) is 0 Å². The molecule has 0 N–H and O–H groups in total. The highest BCUT2D eigenvalue weighted by atomic mass is 79.9. The van der Waals surface area contributed by atoms with E-state index in [2.05, 4.69) is 21.1 Å². The first-order chi connectivity index (χ1) is 4.89. The summed E-state index contributed by atoms with van der Waals surface area (Å²) in [6.07, 6.45) is 5.18. The lowest BCUT2D eigenvalue weighted by molar-refractivity contribution is 0.368.